The van der Waals surface area contributed by atoms with Crippen molar-refractivity contribution in [2.45, 2.75) is 56.5 Å². The van der Waals surface area contributed by atoms with Crippen LogP contribution in [0.4, 0.5) is 0 Å². The van der Waals surface area contributed by atoms with Crippen molar-refractivity contribution < 1.29 is 13.9 Å². The van der Waals surface area contributed by atoms with Crippen molar-refractivity contribution in [3.63, 3.8) is 0 Å². The molecular weight excluding hydrogens is 308 g/mol. The molecule has 132 valence electrons. The second kappa shape index (κ2) is 7.19. The summed E-state index contributed by atoms with van der Waals surface area (Å²) < 4.78 is 11.4. The molecule has 1 aliphatic carbocycles. The van der Waals surface area contributed by atoms with Crippen molar-refractivity contribution in [1.29, 1.82) is 0 Å². The van der Waals surface area contributed by atoms with Crippen LogP contribution in [0.1, 0.15) is 62.1 Å². The van der Waals surface area contributed by atoms with E-state index in [0.717, 1.165) is 57.2 Å². The highest BCUT2D eigenvalue weighted by molar-refractivity contribution is 5.78. The molecule has 7 nitrogen and oxygen atoms in total. The molecule has 1 atom stereocenters. The molecule has 3 aliphatic rings. The third-order valence-electron chi connectivity index (χ3n) is 5.24. The van der Waals surface area contributed by atoms with Gasteiger partial charge in [-0.1, -0.05) is 0 Å². The van der Waals surface area contributed by atoms with Gasteiger partial charge in [-0.15, -0.1) is 10.2 Å². The van der Waals surface area contributed by atoms with Crippen LogP contribution in [0.5, 0.6) is 0 Å². The van der Waals surface area contributed by atoms with Crippen LogP contribution in [0.25, 0.3) is 0 Å². The highest BCUT2D eigenvalue weighted by Crippen LogP contribution is 2.40. The fourth-order valence-electron chi connectivity index (χ4n) is 3.54. The summed E-state index contributed by atoms with van der Waals surface area (Å²) in [5.74, 6) is 2.56. The third-order valence-corrected chi connectivity index (χ3v) is 5.24. The Morgan fingerprint density at radius 3 is 2.42 bits per heavy atom. The number of likely N-dealkylation sites (tertiary alicyclic amines) is 1. The normalized spacial score (nSPS) is 25.9. The van der Waals surface area contributed by atoms with E-state index in [2.05, 4.69) is 20.4 Å². The Balaban J connectivity index is 1.18. The van der Waals surface area contributed by atoms with Crippen LogP contribution >= 0.6 is 0 Å². The maximum atomic E-state index is 12.1. The van der Waals surface area contributed by atoms with Gasteiger partial charge in [0, 0.05) is 25.0 Å². The number of nitrogens with one attached hydrogen (secondary N) is 1. The smallest absolute Gasteiger partial charge is 0.234 e. The number of amides is 1. The first kappa shape index (κ1) is 16.0. The summed E-state index contributed by atoms with van der Waals surface area (Å²) in [6, 6.07) is 0. The number of piperidine rings is 1. The van der Waals surface area contributed by atoms with Crippen LogP contribution in [0.3, 0.4) is 0 Å². The fourth-order valence-corrected chi connectivity index (χ4v) is 3.54. The van der Waals surface area contributed by atoms with E-state index in [1.807, 2.05) is 0 Å². The zero-order valence-corrected chi connectivity index (χ0v) is 14.1. The molecule has 2 aliphatic heterocycles. The number of ether oxygens (including phenoxy) is 1. The van der Waals surface area contributed by atoms with E-state index in [0.29, 0.717) is 24.9 Å². The summed E-state index contributed by atoms with van der Waals surface area (Å²) in [6.07, 6.45) is 6.68. The molecule has 0 spiro atoms. The Morgan fingerprint density at radius 2 is 1.79 bits per heavy atom. The van der Waals surface area contributed by atoms with Crippen LogP contribution in [-0.4, -0.2) is 59.9 Å². The summed E-state index contributed by atoms with van der Waals surface area (Å²) in [7, 11) is 0. The van der Waals surface area contributed by atoms with E-state index >= 15 is 0 Å². The Morgan fingerprint density at radius 1 is 1.08 bits per heavy atom. The number of hydrogen-bond acceptors (Lipinski definition) is 6. The second-order valence-corrected chi connectivity index (χ2v) is 7.24. The molecule has 0 aromatic carbocycles. The summed E-state index contributed by atoms with van der Waals surface area (Å²) in [5.41, 5.74) is 0. The first-order valence-corrected chi connectivity index (χ1v) is 9.22. The molecule has 24 heavy (non-hydrogen) atoms. The van der Waals surface area contributed by atoms with Crippen molar-refractivity contribution >= 4 is 5.91 Å². The SMILES string of the molecule is O=C(CN1CCC(c2nnc(C3CC3)o2)CC1)NC[C@@H]1CCCO1. The molecule has 0 radical (unpaired) electrons. The highest BCUT2D eigenvalue weighted by atomic mass is 16.5. The minimum atomic E-state index is 0.0951. The molecule has 2 saturated heterocycles. The number of rotatable bonds is 6. The zero-order valence-electron chi connectivity index (χ0n) is 14.1. The average Bonchev–Trinajstić information content (AvgIpc) is 3.12. The zero-order chi connectivity index (χ0) is 16.4. The predicted molar refractivity (Wildman–Crippen MR) is 86.7 cm³/mol. The topological polar surface area (TPSA) is 80.5 Å². The first-order valence-electron chi connectivity index (χ1n) is 9.22. The van der Waals surface area contributed by atoms with Gasteiger partial charge in [-0.2, -0.15) is 0 Å². The van der Waals surface area contributed by atoms with Crippen LogP contribution in [0.2, 0.25) is 0 Å². The van der Waals surface area contributed by atoms with Crippen LogP contribution in [0, 0.1) is 0 Å². The molecule has 0 unspecified atom stereocenters. The average molecular weight is 334 g/mol. The van der Waals surface area contributed by atoms with Crippen LogP contribution in [-0.2, 0) is 9.53 Å². The van der Waals surface area contributed by atoms with E-state index in [1.54, 1.807) is 0 Å². The van der Waals surface area contributed by atoms with Gasteiger partial charge >= 0.3 is 0 Å². The lowest BCUT2D eigenvalue weighted by molar-refractivity contribution is -0.123. The Bertz CT molecular complexity index is 558. The van der Waals surface area contributed by atoms with Crippen molar-refractivity contribution in [3.8, 4) is 0 Å². The van der Waals surface area contributed by atoms with Gasteiger partial charge in [0.15, 0.2) is 0 Å². The standard InChI is InChI=1S/C17H26N4O3/c22-15(18-10-14-2-1-9-23-14)11-21-7-5-13(6-8-21)17-20-19-16(24-17)12-3-4-12/h12-14H,1-11H2,(H,18,22)/t14-/m0/s1. The van der Waals surface area contributed by atoms with Gasteiger partial charge in [0.2, 0.25) is 17.7 Å². The van der Waals surface area contributed by atoms with Gasteiger partial charge in [0.25, 0.3) is 0 Å². The Hall–Kier alpha value is -1.47. The molecule has 1 aromatic rings. The molecule has 3 heterocycles. The third kappa shape index (κ3) is 3.95. The largest absolute Gasteiger partial charge is 0.425 e. The molecule has 4 rings (SSSR count). The van der Waals surface area contributed by atoms with Gasteiger partial charge in [0.1, 0.15) is 0 Å². The lowest BCUT2D eigenvalue weighted by Crippen LogP contribution is -2.43. The van der Waals surface area contributed by atoms with Crippen molar-refractivity contribution in [2.24, 2.45) is 0 Å². The number of aromatic nitrogens is 2. The maximum absolute atomic E-state index is 12.1. The first-order chi connectivity index (χ1) is 11.8. The molecule has 1 saturated carbocycles. The summed E-state index contributed by atoms with van der Waals surface area (Å²) in [5, 5.41) is 11.4. The lowest BCUT2D eigenvalue weighted by atomic mass is 9.97. The van der Waals surface area contributed by atoms with Gasteiger partial charge < -0.3 is 14.5 Å². The minimum Gasteiger partial charge on any atom is -0.425 e. The number of hydrogen-bond donors (Lipinski definition) is 1. The van der Waals surface area contributed by atoms with Gasteiger partial charge in [-0.05, 0) is 51.6 Å². The number of carbonyl (C=O) groups excluding carboxylic acids is 1. The Kier molecular flexibility index (Phi) is 4.80. The van der Waals surface area contributed by atoms with Crippen LogP contribution < -0.4 is 5.32 Å². The number of carbonyl (C=O) groups is 1. The second-order valence-electron chi connectivity index (χ2n) is 7.24. The highest BCUT2D eigenvalue weighted by Gasteiger charge is 2.32. The molecular formula is C17H26N4O3. The lowest BCUT2D eigenvalue weighted by Gasteiger charge is -2.29. The van der Waals surface area contributed by atoms with E-state index in [4.69, 9.17) is 9.15 Å². The molecule has 3 fully saturated rings. The maximum Gasteiger partial charge on any atom is 0.234 e. The predicted octanol–water partition coefficient (Wildman–Crippen LogP) is 1.42. The van der Waals surface area contributed by atoms with Gasteiger partial charge in [-0.3, -0.25) is 9.69 Å². The molecule has 1 amide bonds. The summed E-state index contributed by atoms with van der Waals surface area (Å²) in [4.78, 5) is 14.3. The van der Waals surface area contributed by atoms with E-state index < -0.39 is 0 Å². The Labute approximate surface area is 142 Å². The molecule has 7 heteroatoms. The van der Waals surface area contributed by atoms with E-state index in [-0.39, 0.29) is 12.0 Å². The van der Waals surface area contributed by atoms with E-state index in [9.17, 15) is 4.79 Å². The minimum absolute atomic E-state index is 0.0951. The quantitative estimate of drug-likeness (QED) is 0.847. The van der Waals surface area contributed by atoms with Crippen molar-refractivity contribution in [2.75, 3.05) is 32.8 Å². The van der Waals surface area contributed by atoms with Crippen molar-refractivity contribution in [1.82, 2.24) is 20.4 Å². The van der Waals surface area contributed by atoms with Gasteiger partial charge in [-0.25, -0.2) is 0 Å². The fraction of sp³-hybridized carbons (Fsp3) is 0.824. The van der Waals surface area contributed by atoms with Crippen molar-refractivity contribution in [3.05, 3.63) is 11.8 Å². The monoisotopic (exact) mass is 334 g/mol. The molecule has 1 aromatic heterocycles. The molecule has 0 bridgehead atoms. The molecule has 1 N–H and O–H groups in total. The number of nitrogens with zero attached hydrogens (tertiary/aromatic N) is 3. The summed E-state index contributed by atoms with van der Waals surface area (Å²) >= 11 is 0. The summed E-state index contributed by atoms with van der Waals surface area (Å²) in [6.45, 7) is 3.74. The van der Waals surface area contributed by atoms with Crippen LogP contribution in [0.15, 0.2) is 4.42 Å². The van der Waals surface area contributed by atoms with Gasteiger partial charge in [0.05, 0.1) is 12.6 Å². The van der Waals surface area contributed by atoms with E-state index in [1.165, 1.54) is 12.8 Å².